The summed E-state index contributed by atoms with van der Waals surface area (Å²) in [5, 5.41) is 16.6. The van der Waals surface area contributed by atoms with Gasteiger partial charge in [0.15, 0.2) is 0 Å². The minimum Gasteiger partial charge on any atom is -0.480 e. The van der Waals surface area contributed by atoms with E-state index < -0.39 is 11.5 Å². The lowest BCUT2D eigenvalue weighted by atomic mass is 9.75. The second kappa shape index (κ2) is 7.27. The van der Waals surface area contributed by atoms with E-state index in [-0.39, 0.29) is 5.91 Å². The van der Waals surface area contributed by atoms with Crippen LogP contribution in [0, 0.1) is 12.8 Å². The molecule has 0 aliphatic heterocycles. The highest BCUT2D eigenvalue weighted by Crippen LogP contribution is 2.34. The number of aliphatic carboxylic acids is 1. The van der Waals surface area contributed by atoms with Crippen molar-refractivity contribution in [3.05, 3.63) is 42.0 Å². The highest BCUT2D eigenvalue weighted by Gasteiger charge is 2.43. The molecule has 0 bridgehead atoms. The molecular formula is C19H24N4O3. The Kier molecular flexibility index (Phi) is 5.06. The van der Waals surface area contributed by atoms with Gasteiger partial charge in [0.05, 0.1) is 5.69 Å². The summed E-state index contributed by atoms with van der Waals surface area (Å²) in [4.78, 5) is 28.6. The molecular weight excluding hydrogens is 332 g/mol. The van der Waals surface area contributed by atoms with E-state index >= 15 is 0 Å². The van der Waals surface area contributed by atoms with Crippen molar-refractivity contribution >= 4 is 11.9 Å². The zero-order chi connectivity index (χ0) is 18.7. The minimum atomic E-state index is -1.17. The molecule has 3 rings (SSSR count). The van der Waals surface area contributed by atoms with Crippen molar-refractivity contribution < 1.29 is 14.7 Å². The molecule has 0 atom stereocenters. The van der Waals surface area contributed by atoms with Gasteiger partial charge in [0.1, 0.15) is 18.2 Å². The number of carbonyl (C=O) groups excluding carboxylic acids is 1. The molecule has 1 saturated carbocycles. The molecule has 1 aromatic carbocycles. The number of amides is 1. The summed E-state index contributed by atoms with van der Waals surface area (Å²) < 4.78 is 1.61. The zero-order valence-corrected chi connectivity index (χ0v) is 15.1. The molecule has 0 unspecified atom stereocenters. The van der Waals surface area contributed by atoms with E-state index in [0.29, 0.717) is 24.3 Å². The second-order valence-electron chi connectivity index (χ2n) is 7.03. The van der Waals surface area contributed by atoms with Gasteiger partial charge in [0, 0.05) is 5.56 Å². The van der Waals surface area contributed by atoms with Crippen molar-refractivity contribution in [3.63, 3.8) is 0 Å². The number of carbonyl (C=O) groups is 2. The minimum absolute atomic E-state index is 0.343. The fourth-order valence-electron chi connectivity index (χ4n) is 3.64. The largest absolute Gasteiger partial charge is 0.480 e. The van der Waals surface area contributed by atoms with Crippen molar-refractivity contribution in [1.82, 2.24) is 20.1 Å². The number of nitrogens with zero attached hydrogens (tertiary/aromatic N) is 3. The molecule has 7 heteroatoms. The smallest absolute Gasteiger partial charge is 0.329 e. The van der Waals surface area contributed by atoms with E-state index in [0.717, 1.165) is 30.5 Å². The Morgan fingerprint density at radius 2 is 2.08 bits per heavy atom. The average molecular weight is 356 g/mol. The fraction of sp³-hybridized carbons (Fsp3) is 0.474. The number of aryl methyl sites for hydroxylation is 1. The van der Waals surface area contributed by atoms with Crippen LogP contribution in [0.25, 0.3) is 5.69 Å². The molecule has 1 aliphatic rings. The number of hydrogen-bond acceptors (Lipinski definition) is 4. The Labute approximate surface area is 152 Å². The summed E-state index contributed by atoms with van der Waals surface area (Å²) in [5.41, 5.74) is 0.873. The normalized spacial score (nSPS) is 22.8. The van der Waals surface area contributed by atoms with Crippen LogP contribution in [0.2, 0.25) is 0 Å². The lowest BCUT2D eigenvalue weighted by Crippen LogP contribution is -2.56. The van der Waals surface area contributed by atoms with Gasteiger partial charge in [0.25, 0.3) is 5.91 Å². The van der Waals surface area contributed by atoms with E-state index in [9.17, 15) is 14.7 Å². The fourth-order valence-corrected chi connectivity index (χ4v) is 3.64. The van der Waals surface area contributed by atoms with Gasteiger partial charge in [-0.25, -0.2) is 14.5 Å². The highest BCUT2D eigenvalue weighted by molar-refractivity contribution is 5.99. The van der Waals surface area contributed by atoms with Gasteiger partial charge >= 0.3 is 5.97 Å². The standard InChI is InChI=1S/C19H24N4O3/c1-3-14-6-8-19(9-7-14,18(25)26)22-17(24)16-5-4-15(10-13(16)2)23-12-20-11-21-23/h4-5,10-12,14H,3,6-9H2,1-2H3,(H,22,24)(H,25,26). The molecule has 1 aliphatic carbocycles. The third-order valence-corrected chi connectivity index (χ3v) is 5.44. The van der Waals surface area contributed by atoms with Crippen molar-refractivity contribution in [3.8, 4) is 5.69 Å². The molecule has 0 saturated heterocycles. The van der Waals surface area contributed by atoms with Crippen LogP contribution < -0.4 is 5.32 Å². The Morgan fingerprint density at radius 3 is 2.62 bits per heavy atom. The third kappa shape index (κ3) is 3.47. The SMILES string of the molecule is CCC1CCC(NC(=O)c2ccc(-n3cncn3)cc2C)(C(=O)O)CC1. The van der Waals surface area contributed by atoms with Crippen molar-refractivity contribution in [2.24, 2.45) is 5.92 Å². The molecule has 0 radical (unpaired) electrons. The maximum absolute atomic E-state index is 12.8. The van der Waals surface area contributed by atoms with Gasteiger partial charge in [-0.1, -0.05) is 13.3 Å². The monoisotopic (exact) mass is 356 g/mol. The van der Waals surface area contributed by atoms with Crippen LogP contribution in [0.15, 0.2) is 30.9 Å². The maximum atomic E-state index is 12.8. The Hall–Kier alpha value is -2.70. The summed E-state index contributed by atoms with van der Waals surface area (Å²) in [6.45, 7) is 3.95. The van der Waals surface area contributed by atoms with Crippen LogP contribution in [0.4, 0.5) is 0 Å². The first-order valence-electron chi connectivity index (χ1n) is 8.97. The molecule has 0 spiro atoms. The van der Waals surface area contributed by atoms with Gasteiger partial charge in [-0.15, -0.1) is 0 Å². The van der Waals surface area contributed by atoms with Gasteiger partial charge in [-0.3, -0.25) is 4.79 Å². The van der Waals surface area contributed by atoms with E-state index in [1.54, 1.807) is 23.1 Å². The highest BCUT2D eigenvalue weighted by atomic mass is 16.4. The third-order valence-electron chi connectivity index (χ3n) is 5.44. The zero-order valence-electron chi connectivity index (χ0n) is 15.1. The number of aromatic nitrogens is 3. The molecule has 2 aromatic rings. The van der Waals surface area contributed by atoms with Gasteiger partial charge in [-0.05, 0) is 62.3 Å². The predicted octanol–water partition coefficient (Wildman–Crippen LogP) is 2.73. The molecule has 138 valence electrons. The maximum Gasteiger partial charge on any atom is 0.329 e. The van der Waals surface area contributed by atoms with Crippen LogP contribution in [0.1, 0.15) is 54.9 Å². The van der Waals surface area contributed by atoms with E-state index in [1.807, 2.05) is 13.0 Å². The number of hydrogen-bond donors (Lipinski definition) is 2. The average Bonchev–Trinajstić information content (AvgIpc) is 3.16. The second-order valence-corrected chi connectivity index (χ2v) is 7.03. The van der Waals surface area contributed by atoms with Crippen LogP contribution >= 0.6 is 0 Å². The summed E-state index contributed by atoms with van der Waals surface area (Å²) in [7, 11) is 0. The molecule has 2 N–H and O–H groups in total. The van der Waals surface area contributed by atoms with Crippen molar-refractivity contribution in [1.29, 1.82) is 0 Å². The summed E-state index contributed by atoms with van der Waals surface area (Å²) in [6.07, 6.45) is 6.68. The number of benzene rings is 1. The Morgan fingerprint density at radius 1 is 1.35 bits per heavy atom. The van der Waals surface area contributed by atoms with E-state index in [1.165, 1.54) is 6.33 Å². The number of carboxylic acids is 1. The van der Waals surface area contributed by atoms with Crippen LogP contribution in [0.5, 0.6) is 0 Å². The molecule has 1 aromatic heterocycles. The van der Waals surface area contributed by atoms with Gasteiger partial charge < -0.3 is 10.4 Å². The van der Waals surface area contributed by atoms with Crippen molar-refractivity contribution in [2.75, 3.05) is 0 Å². The van der Waals surface area contributed by atoms with Crippen LogP contribution in [0.3, 0.4) is 0 Å². The molecule has 26 heavy (non-hydrogen) atoms. The summed E-state index contributed by atoms with van der Waals surface area (Å²) >= 11 is 0. The molecule has 1 amide bonds. The first-order chi connectivity index (χ1) is 12.4. The Bertz CT molecular complexity index is 793. The van der Waals surface area contributed by atoms with Crippen molar-refractivity contribution in [2.45, 2.75) is 51.5 Å². The molecule has 7 nitrogen and oxygen atoms in total. The topological polar surface area (TPSA) is 97.1 Å². The van der Waals surface area contributed by atoms with Gasteiger partial charge in [0.2, 0.25) is 0 Å². The summed E-state index contributed by atoms with van der Waals surface area (Å²) in [6, 6.07) is 5.32. The molecule has 1 heterocycles. The Balaban J connectivity index is 1.79. The van der Waals surface area contributed by atoms with Gasteiger partial charge in [-0.2, -0.15) is 5.10 Å². The number of nitrogens with one attached hydrogen (secondary N) is 1. The van der Waals surface area contributed by atoms with E-state index in [2.05, 4.69) is 22.3 Å². The first kappa shape index (κ1) is 18.1. The lowest BCUT2D eigenvalue weighted by molar-refractivity contribution is -0.146. The number of carboxylic acid groups (broad SMARTS) is 1. The van der Waals surface area contributed by atoms with Crippen LogP contribution in [-0.2, 0) is 4.79 Å². The van der Waals surface area contributed by atoms with E-state index in [4.69, 9.17) is 0 Å². The molecule has 1 fully saturated rings. The lowest BCUT2D eigenvalue weighted by Gasteiger charge is -2.37. The first-order valence-corrected chi connectivity index (χ1v) is 8.97. The number of rotatable bonds is 5. The summed E-state index contributed by atoms with van der Waals surface area (Å²) in [5.74, 6) is -0.745. The predicted molar refractivity (Wildman–Crippen MR) is 96.2 cm³/mol. The van der Waals surface area contributed by atoms with Crippen LogP contribution in [-0.4, -0.2) is 37.3 Å². The quantitative estimate of drug-likeness (QED) is 0.858.